The van der Waals surface area contributed by atoms with Crippen molar-refractivity contribution in [1.82, 2.24) is 0 Å². The fraction of sp³-hybridized carbons (Fsp3) is 0.222. The molecule has 0 saturated heterocycles. The summed E-state index contributed by atoms with van der Waals surface area (Å²) in [5, 5.41) is 4.05. The summed E-state index contributed by atoms with van der Waals surface area (Å²) in [5.74, 6) is -0.129. The number of hydrogen-bond acceptors (Lipinski definition) is 4. The van der Waals surface area contributed by atoms with E-state index in [4.69, 9.17) is 23.2 Å². The summed E-state index contributed by atoms with van der Waals surface area (Å²) in [6, 6.07) is 11.8. The van der Waals surface area contributed by atoms with Gasteiger partial charge in [0.2, 0.25) is 0 Å². The number of amidine groups is 1. The molecule has 0 spiro atoms. The number of nitrogens with zero attached hydrogens (tertiary/aromatic N) is 2. The standard InChI is InChI=1S/C18H15Cl2F2N3O2S/c1-11-10-23-17(28-11)25(16(26)24-13-4-2-12(19)3-5-13)14-6-8-15(9-7-14)27-18(20,21)22/h2-9,11H,10H2,1H3,(H,24,26). The highest BCUT2D eigenvalue weighted by Gasteiger charge is 2.29. The lowest BCUT2D eigenvalue weighted by Crippen LogP contribution is -2.38. The number of halogens is 4. The fourth-order valence-electron chi connectivity index (χ4n) is 2.41. The van der Waals surface area contributed by atoms with Gasteiger partial charge in [0.1, 0.15) is 5.75 Å². The predicted octanol–water partition coefficient (Wildman–Crippen LogP) is 6.04. The van der Waals surface area contributed by atoms with Crippen LogP contribution in [0.1, 0.15) is 6.92 Å². The van der Waals surface area contributed by atoms with Gasteiger partial charge in [-0.1, -0.05) is 30.3 Å². The van der Waals surface area contributed by atoms with Gasteiger partial charge in [0.25, 0.3) is 0 Å². The number of anilines is 2. The molecule has 5 nitrogen and oxygen atoms in total. The number of benzene rings is 2. The van der Waals surface area contributed by atoms with Gasteiger partial charge < -0.3 is 10.1 Å². The third kappa shape index (κ3) is 5.50. The van der Waals surface area contributed by atoms with Crippen molar-refractivity contribution < 1.29 is 18.3 Å². The zero-order valence-electron chi connectivity index (χ0n) is 14.5. The number of nitrogens with one attached hydrogen (secondary N) is 1. The second-order valence-corrected chi connectivity index (χ2v) is 8.15. The number of rotatable bonds is 4. The number of thioether (sulfide) groups is 1. The predicted molar refractivity (Wildman–Crippen MR) is 110 cm³/mol. The summed E-state index contributed by atoms with van der Waals surface area (Å²) in [6.45, 7) is 2.57. The molecule has 3 rings (SSSR count). The molecule has 1 heterocycles. The van der Waals surface area contributed by atoms with Crippen LogP contribution in [-0.2, 0) is 0 Å². The Kier molecular flexibility index (Phi) is 6.32. The molecule has 2 amide bonds. The Bertz CT molecular complexity index is 874. The van der Waals surface area contributed by atoms with Crippen molar-refractivity contribution in [3.8, 4) is 5.75 Å². The number of amides is 2. The molecule has 0 aliphatic carbocycles. The zero-order valence-corrected chi connectivity index (χ0v) is 16.9. The van der Waals surface area contributed by atoms with E-state index >= 15 is 0 Å². The zero-order chi connectivity index (χ0) is 20.3. The number of alkyl halides is 3. The SMILES string of the molecule is CC1CN=C(N(C(=O)Nc2ccc(Cl)cc2)c2ccc(OC(F)(F)Cl)cc2)S1. The Morgan fingerprint density at radius 2 is 1.89 bits per heavy atom. The maximum Gasteiger partial charge on any atom is 0.487 e. The molecule has 2 aromatic rings. The first-order chi connectivity index (χ1) is 13.2. The normalized spacial score (nSPS) is 16.5. The van der Waals surface area contributed by atoms with Gasteiger partial charge in [0.15, 0.2) is 5.17 Å². The molecule has 1 aliphatic rings. The Morgan fingerprint density at radius 1 is 1.25 bits per heavy atom. The quantitative estimate of drug-likeness (QED) is 0.583. The molecule has 10 heteroatoms. The number of aliphatic imine (C=N–C) groups is 1. The summed E-state index contributed by atoms with van der Waals surface area (Å²) in [4.78, 5) is 18.7. The summed E-state index contributed by atoms with van der Waals surface area (Å²) in [7, 11) is 0. The lowest BCUT2D eigenvalue weighted by Gasteiger charge is -2.23. The van der Waals surface area contributed by atoms with Crippen molar-refractivity contribution in [2.45, 2.75) is 17.7 Å². The van der Waals surface area contributed by atoms with Crippen LogP contribution in [0.4, 0.5) is 25.0 Å². The Hall–Kier alpha value is -2.03. The largest absolute Gasteiger partial charge is 0.487 e. The van der Waals surface area contributed by atoms with E-state index in [1.807, 2.05) is 6.92 Å². The molecule has 28 heavy (non-hydrogen) atoms. The van der Waals surface area contributed by atoms with Crippen LogP contribution in [0.25, 0.3) is 0 Å². The van der Waals surface area contributed by atoms with Crippen molar-refractivity contribution in [3.63, 3.8) is 0 Å². The van der Waals surface area contributed by atoms with E-state index in [2.05, 4.69) is 15.0 Å². The van der Waals surface area contributed by atoms with Crippen molar-refractivity contribution in [2.24, 2.45) is 4.99 Å². The molecule has 148 valence electrons. The van der Waals surface area contributed by atoms with Crippen LogP contribution in [0, 0.1) is 0 Å². The molecule has 0 radical (unpaired) electrons. The molecule has 0 saturated carbocycles. The van der Waals surface area contributed by atoms with Gasteiger partial charge in [0, 0.05) is 27.6 Å². The van der Waals surface area contributed by atoms with Crippen molar-refractivity contribution in [2.75, 3.05) is 16.8 Å². The van der Waals surface area contributed by atoms with E-state index in [0.717, 1.165) is 0 Å². The first-order valence-electron chi connectivity index (χ1n) is 8.15. The molecule has 1 atom stereocenters. The number of carbonyl (C=O) groups is 1. The summed E-state index contributed by atoms with van der Waals surface area (Å²) < 4.78 is 29.9. The van der Waals surface area contributed by atoms with Crippen LogP contribution in [0.15, 0.2) is 53.5 Å². The smallest absolute Gasteiger partial charge is 0.420 e. The Balaban J connectivity index is 1.84. The van der Waals surface area contributed by atoms with Crippen LogP contribution in [0.2, 0.25) is 5.02 Å². The molecular weight excluding hydrogens is 431 g/mol. The molecule has 1 aliphatic heterocycles. The van der Waals surface area contributed by atoms with Gasteiger partial charge in [-0.2, -0.15) is 0 Å². The van der Waals surface area contributed by atoms with E-state index in [9.17, 15) is 13.6 Å². The summed E-state index contributed by atoms with van der Waals surface area (Å²) in [6.07, 6.45) is 0. The number of urea groups is 1. The van der Waals surface area contributed by atoms with Gasteiger partial charge in [0.05, 0.1) is 12.2 Å². The highest BCUT2D eigenvalue weighted by atomic mass is 35.5. The van der Waals surface area contributed by atoms with Crippen molar-refractivity contribution in [1.29, 1.82) is 0 Å². The van der Waals surface area contributed by atoms with Crippen LogP contribution >= 0.6 is 35.0 Å². The number of ether oxygens (including phenoxy) is 1. The topological polar surface area (TPSA) is 53.9 Å². The average Bonchev–Trinajstić information content (AvgIpc) is 3.03. The highest BCUT2D eigenvalue weighted by molar-refractivity contribution is 8.15. The average molecular weight is 446 g/mol. The summed E-state index contributed by atoms with van der Waals surface area (Å²) >= 11 is 12.1. The van der Waals surface area contributed by atoms with Crippen molar-refractivity contribution >= 4 is 57.5 Å². The molecule has 0 bridgehead atoms. The van der Waals surface area contributed by atoms with Gasteiger partial charge in [-0.15, -0.1) is 8.78 Å². The van der Waals surface area contributed by atoms with Gasteiger partial charge in [-0.25, -0.2) is 9.69 Å². The van der Waals surface area contributed by atoms with E-state index < -0.39 is 11.6 Å². The fourth-order valence-corrected chi connectivity index (χ4v) is 3.58. The van der Waals surface area contributed by atoms with E-state index in [0.29, 0.717) is 28.1 Å². The Labute approximate surface area is 174 Å². The monoisotopic (exact) mass is 445 g/mol. The van der Waals surface area contributed by atoms with Crippen LogP contribution in [0.3, 0.4) is 0 Å². The second kappa shape index (κ2) is 8.55. The maximum absolute atomic E-state index is 12.9. The highest BCUT2D eigenvalue weighted by Crippen LogP contribution is 2.31. The maximum atomic E-state index is 12.9. The lowest BCUT2D eigenvalue weighted by molar-refractivity contribution is -0.0964. The van der Waals surface area contributed by atoms with E-state index in [1.165, 1.54) is 40.9 Å². The number of hydrogen-bond donors (Lipinski definition) is 1. The second-order valence-electron chi connectivity index (χ2n) is 5.87. The van der Waals surface area contributed by atoms with Gasteiger partial charge >= 0.3 is 11.6 Å². The van der Waals surface area contributed by atoms with Crippen LogP contribution in [-0.4, -0.2) is 28.6 Å². The van der Waals surface area contributed by atoms with Gasteiger partial charge in [-0.3, -0.25) is 4.99 Å². The minimum Gasteiger partial charge on any atom is -0.420 e. The third-order valence-corrected chi connectivity index (χ3v) is 5.01. The van der Waals surface area contributed by atoms with Crippen molar-refractivity contribution in [3.05, 3.63) is 53.6 Å². The minimum absolute atomic E-state index is 0.129. The molecule has 1 N–H and O–H groups in total. The van der Waals surface area contributed by atoms with E-state index in [1.54, 1.807) is 24.3 Å². The van der Waals surface area contributed by atoms with E-state index in [-0.39, 0.29) is 11.0 Å². The van der Waals surface area contributed by atoms with Gasteiger partial charge in [-0.05, 0) is 48.5 Å². The third-order valence-electron chi connectivity index (χ3n) is 3.61. The molecule has 0 fully saturated rings. The number of carbonyl (C=O) groups excluding carboxylic acids is 1. The lowest BCUT2D eigenvalue weighted by atomic mass is 10.3. The van der Waals surface area contributed by atoms with Crippen LogP contribution in [0.5, 0.6) is 5.75 Å². The minimum atomic E-state index is -3.81. The molecule has 2 aromatic carbocycles. The molecule has 1 unspecified atom stereocenters. The Morgan fingerprint density at radius 3 is 2.43 bits per heavy atom. The summed E-state index contributed by atoms with van der Waals surface area (Å²) in [5.41, 5.74) is -2.82. The van der Waals surface area contributed by atoms with Crippen LogP contribution < -0.4 is 15.0 Å². The first kappa shape index (κ1) is 20.7. The molecular formula is C18H15Cl2F2N3O2S. The first-order valence-corrected chi connectivity index (χ1v) is 9.78. The molecule has 0 aromatic heterocycles.